The standard InChI is InChI=1S/C26H36N6O8/c1-3-14(2)22(25(38)31-20(26(39)40)10-15-4-6-17(33)7-5-15)32-24(37)19(8-9-21(34)35)30-23(36)18(27)11-16-12-28-13-29-16/h4-7,12-14,18-20,22,33H,3,8-11,27H2,1-2H3,(H,28,29)(H,30,36)(H,31,38)(H,32,37)(H,34,35)(H,39,40). The highest BCUT2D eigenvalue weighted by Gasteiger charge is 2.33. The first-order chi connectivity index (χ1) is 18.9. The highest BCUT2D eigenvalue weighted by Crippen LogP contribution is 2.13. The second kappa shape index (κ2) is 15.2. The lowest BCUT2D eigenvalue weighted by Gasteiger charge is -2.28. The van der Waals surface area contributed by atoms with E-state index >= 15 is 0 Å². The highest BCUT2D eigenvalue weighted by atomic mass is 16.4. The molecule has 3 amide bonds. The molecular weight excluding hydrogens is 524 g/mol. The molecule has 5 unspecified atom stereocenters. The van der Waals surface area contributed by atoms with Crippen LogP contribution in [0.4, 0.5) is 0 Å². The van der Waals surface area contributed by atoms with Gasteiger partial charge in [0, 0.05) is 31.2 Å². The molecule has 14 nitrogen and oxygen atoms in total. The summed E-state index contributed by atoms with van der Waals surface area (Å²) < 4.78 is 0. The summed E-state index contributed by atoms with van der Waals surface area (Å²) in [5.74, 6) is -5.19. The van der Waals surface area contributed by atoms with Crippen LogP contribution in [0.2, 0.25) is 0 Å². The molecule has 0 aliphatic rings. The molecule has 218 valence electrons. The summed E-state index contributed by atoms with van der Waals surface area (Å²) in [6.07, 6.45) is 2.66. The van der Waals surface area contributed by atoms with Gasteiger partial charge in [0.25, 0.3) is 0 Å². The second-order valence-corrected chi connectivity index (χ2v) is 9.52. The molecule has 0 fully saturated rings. The molecule has 0 aliphatic carbocycles. The first-order valence-electron chi connectivity index (χ1n) is 12.8. The number of rotatable bonds is 16. The van der Waals surface area contributed by atoms with Crippen LogP contribution in [0.25, 0.3) is 0 Å². The van der Waals surface area contributed by atoms with E-state index in [2.05, 4.69) is 25.9 Å². The van der Waals surface area contributed by atoms with Gasteiger partial charge in [0.2, 0.25) is 17.7 Å². The molecule has 0 spiro atoms. The van der Waals surface area contributed by atoms with E-state index in [0.717, 1.165) is 0 Å². The van der Waals surface area contributed by atoms with E-state index in [1.54, 1.807) is 13.8 Å². The fourth-order valence-electron chi connectivity index (χ4n) is 3.83. The molecule has 0 aliphatic heterocycles. The summed E-state index contributed by atoms with van der Waals surface area (Å²) in [5.41, 5.74) is 7.08. The van der Waals surface area contributed by atoms with Gasteiger partial charge < -0.3 is 42.0 Å². The lowest BCUT2D eigenvalue weighted by atomic mass is 9.96. The van der Waals surface area contributed by atoms with Crippen LogP contribution in [0.5, 0.6) is 5.75 Å². The number of imidazole rings is 1. The molecule has 2 aromatic rings. The van der Waals surface area contributed by atoms with Crippen LogP contribution in [0.15, 0.2) is 36.8 Å². The number of benzene rings is 1. The first-order valence-corrected chi connectivity index (χ1v) is 12.8. The van der Waals surface area contributed by atoms with E-state index in [-0.39, 0.29) is 25.0 Å². The number of aromatic amines is 1. The molecule has 9 N–H and O–H groups in total. The molecule has 1 aromatic carbocycles. The molecule has 0 radical (unpaired) electrons. The molecule has 0 saturated heterocycles. The van der Waals surface area contributed by atoms with Gasteiger partial charge in [0.1, 0.15) is 23.9 Å². The average molecular weight is 561 g/mol. The predicted molar refractivity (Wildman–Crippen MR) is 142 cm³/mol. The van der Waals surface area contributed by atoms with Gasteiger partial charge in [-0.15, -0.1) is 0 Å². The fraction of sp³-hybridized carbons (Fsp3) is 0.462. The minimum absolute atomic E-state index is 0.00557. The zero-order valence-corrected chi connectivity index (χ0v) is 22.3. The van der Waals surface area contributed by atoms with Crippen molar-refractivity contribution < 1.29 is 39.3 Å². The van der Waals surface area contributed by atoms with E-state index in [0.29, 0.717) is 17.7 Å². The summed E-state index contributed by atoms with van der Waals surface area (Å²) in [6, 6.07) is 0.949. The van der Waals surface area contributed by atoms with Gasteiger partial charge in [-0.2, -0.15) is 0 Å². The van der Waals surface area contributed by atoms with Crippen molar-refractivity contribution in [2.75, 3.05) is 0 Å². The van der Waals surface area contributed by atoms with Gasteiger partial charge in [-0.3, -0.25) is 19.2 Å². The number of carboxylic acid groups (broad SMARTS) is 2. The molecule has 2 rings (SSSR count). The van der Waals surface area contributed by atoms with Crippen molar-refractivity contribution in [1.29, 1.82) is 0 Å². The Morgan fingerprint density at radius 2 is 1.60 bits per heavy atom. The number of carbonyl (C=O) groups is 5. The maximum absolute atomic E-state index is 13.2. The topological polar surface area (TPSA) is 237 Å². The highest BCUT2D eigenvalue weighted by molar-refractivity contribution is 5.94. The van der Waals surface area contributed by atoms with Crippen LogP contribution in [-0.2, 0) is 36.8 Å². The Bertz CT molecular complexity index is 1150. The number of phenolic OH excluding ortho intramolecular Hbond substituents is 1. The van der Waals surface area contributed by atoms with Gasteiger partial charge in [0.15, 0.2) is 0 Å². The maximum atomic E-state index is 13.2. The number of amides is 3. The Balaban J connectivity index is 2.15. The van der Waals surface area contributed by atoms with Crippen LogP contribution in [-0.4, -0.2) is 79.1 Å². The lowest BCUT2D eigenvalue weighted by Crippen LogP contribution is -2.59. The number of aromatic nitrogens is 2. The number of phenols is 1. The zero-order chi connectivity index (χ0) is 29.8. The maximum Gasteiger partial charge on any atom is 0.326 e. The van der Waals surface area contributed by atoms with Gasteiger partial charge in [-0.05, 0) is 30.0 Å². The van der Waals surface area contributed by atoms with Crippen LogP contribution < -0.4 is 21.7 Å². The number of hydrogen-bond donors (Lipinski definition) is 8. The van der Waals surface area contributed by atoms with E-state index < -0.39 is 66.2 Å². The molecular formula is C26H36N6O8. The molecule has 0 saturated carbocycles. The quantitative estimate of drug-likeness (QED) is 0.133. The largest absolute Gasteiger partial charge is 0.508 e. The number of aliphatic carboxylic acids is 2. The van der Waals surface area contributed by atoms with E-state index in [9.17, 15) is 34.2 Å². The Morgan fingerprint density at radius 1 is 0.950 bits per heavy atom. The third kappa shape index (κ3) is 10.0. The van der Waals surface area contributed by atoms with Crippen LogP contribution >= 0.6 is 0 Å². The monoisotopic (exact) mass is 560 g/mol. The summed E-state index contributed by atoms with van der Waals surface area (Å²) in [5, 5.41) is 35.7. The van der Waals surface area contributed by atoms with Crippen molar-refractivity contribution in [3.63, 3.8) is 0 Å². The van der Waals surface area contributed by atoms with Crippen molar-refractivity contribution >= 4 is 29.7 Å². The fourth-order valence-corrected chi connectivity index (χ4v) is 3.83. The third-order valence-corrected chi connectivity index (χ3v) is 6.40. The van der Waals surface area contributed by atoms with Crippen LogP contribution in [0.3, 0.4) is 0 Å². The van der Waals surface area contributed by atoms with Crippen molar-refractivity contribution in [3.05, 3.63) is 48.0 Å². The summed E-state index contributed by atoms with van der Waals surface area (Å²) >= 11 is 0. The average Bonchev–Trinajstić information content (AvgIpc) is 3.42. The molecule has 40 heavy (non-hydrogen) atoms. The Kier molecular flexibility index (Phi) is 12.1. The Morgan fingerprint density at radius 3 is 2.15 bits per heavy atom. The number of nitrogens with zero attached hydrogens (tertiary/aromatic N) is 1. The first kappa shape index (κ1) is 31.8. The number of nitrogens with one attached hydrogen (secondary N) is 4. The van der Waals surface area contributed by atoms with Gasteiger partial charge >= 0.3 is 11.9 Å². The van der Waals surface area contributed by atoms with E-state index in [4.69, 9.17) is 10.8 Å². The van der Waals surface area contributed by atoms with Gasteiger partial charge in [-0.25, -0.2) is 9.78 Å². The number of H-pyrrole nitrogens is 1. The summed E-state index contributed by atoms with van der Waals surface area (Å²) in [7, 11) is 0. The Labute approximate surface area is 230 Å². The van der Waals surface area contributed by atoms with E-state index in [1.165, 1.54) is 36.8 Å². The summed E-state index contributed by atoms with van der Waals surface area (Å²) in [4.78, 5) is 68.8. The Hall–Kier alpha value is -4.46. The number of carboxylic acids is 2. The minimum Gasteiger partial charge on any atom is -0.508 e. The lowest BCUT2D eigenvalue weighted by molar-refractivity contribution is -0.142. The van der Waals surface area contributed by atoms with Crippen LogP contribution in [0, 0.1) is 5.92 Å². The van der Waals surface area contributed by atoms with E-state index in [1.807, 2.05) is 0 Å². The molecule has 0 bridgehead atoms. The number of carbonyl (C=O) groups excluding carboxylic acids is 3. The van der Waals surface area contributed by atoms with Gasteiger partial charge in [-0.1, -0.05) is 32.4 Å². The molecule has 1 aromatic heterocycles. The smallest absolute Gasteiger partial charge is 0.326 e. The zero-order valence-electron chi connectivity index (χ0n) is 22.3. The normalized spacial score (nSPS) is 14.7. The van der Waals surface area contributed by atoms with Crippen molar-refractivity contribution in [3.8, 4) is 5.75 Å². The van der Waals surface area contributed by atoms with Crippen molar-refractivity contribution in [2.45, 2.75) is 70.1 Å². The number of aromatic hydroxyl groups is 1. The minimum atomic E-state index is -1.33. The molecule has 1 heterocycles. The second-order valence-electron chi connectivity index (χ2n) is 9.52. The van der Waals surface area contributed by atoms with Crippen molar-refractivity contribution in [2.24, 2.45) is 11.7 Å². The SMILES string of the molecule is CCC(C)C(NC(=O)C(CCC(=O)O)NC(=O)C(N)Cc1cnc[nH]1)C(=O)NC(Cc1ccc(O)cc1)C(=O)O. The van der Waals surface area contributed by atoms with Crippen LogP contribution in [0.1, 0.15) is 44.4 Å². The van der Waals surface area contributed by atoms with Gasteiger partial charge in [0.05, 0.1) is 12.4 Å². The third-order valence-electron chi connectivity index (χ3n) is 6.40. The van der Waals surface area contributed by atoms with Crippen molar-refractivity contribution in [1.82, 2.24) is 25.9 Å². The molecule has 5 atom stereocenters. The molecule has 14 heteroatoms. The number of nitrogens with two attached hydrogens (primary N) is 1. The number of hydrogen-bond acceptors (Lipinski definition) is 8. The summed E-state index contributed by atoms with van der Waals surface area (Å²) in [6.45, 7) is 3.46. The predicted octanol–water partition coefficient (Wildman–Crippen LogP) is -0.322.